The Kier molecular flexibility index (Phi) is 2.84. The van der Waals surface area contributed by atoms with Crippen molar-refractivity contribution in [2.24, 2.45) is 0 Å². The van der Waals surface area contributed by atoms with Gasteiger partial charge in [0, 0.05) is 11.8 Å². The molecule has 0 aliphatic carbocycles. The third-order valence-corrected chi connectivity index (χ3v) is 2.02. The molecule has 2 N–H and O–H groups in total. The lowest BCUT2D eigenvalue weighted by Crippen LogP contribution is -2.26. The first-order valence-electron chi connectivity index (χ1n) is 4.84. The molecule has 1 aromatic rings. The maximum Gasteiger partial charge on any atom is 0.586 e. The number of carbonyl (C=O) groups is 1. The van der Waals surface area contributed by atoms with Crippen LogP contribution in [-0.4, -0.2) is 25.8 Å². The average molecular weight is 244 g/mol. The highest BCUT2D eigenvalue weighted by Crippen LogP contribution is 2.42. The van der Waals surface area contributed by atoms with Crippen LogP contribution >= 0.6 is 0 Å². The van der Waals surface area contributed by atoms with Crippen molar-refractivity contribution in [1.82, 2.24) is 5.32 Å². The fourth-order valence-corrected chi connectivity index (χ4v) is 1.39. The fourth-order valence-electron chi connectivity index (χ4n) is 1.39. The van der Waals surface area contributed by atoms with Gasteiger partial charge in [-0.3, -0.25) is 4.79 Å². The summed E-state index contributed by atoms with van der Waals surface area (Å²) >= 11 is 0. The van der Waals surface area contributed by atoms with E-state index >= 15 is 0 Å². The molecule has 5 nitrogen and oxygen atoms in total. The Morgan fingerprint density at radius 3 is 2.76 bits per heavy atom. The normalized spacial score (nSPS) is 15.7. The van der Waals surface area contributed by atoms with E-state index in [0.717, 1.165) is 0 Å². The van der Waals surface area contributed by atoms with Crippen LogP contribution in [0.15, 0.2) is 18.2 Å². The van der Waals surface area contributed by atoms with Gasteiger partial charge in [-0.05, 0) is 19.2 Å². The summed E-state index contributed by atoms with van der Waals surface area (Å²) < 4.78 is 33.9. The first kappa shape index (κ1) is 11.6. The van der Waals surface area contributed by atoms with Gasteiger partial charge in [0.2, 0.25) is 5.91 Å². The van der Waals surface area contributed by atoms with Gasteiger partial charge in [0.25, 0.3) is 0 Å². The maximum atomic E-state index is 12.7. The third kappa shape index (κ3) is 2.62. The number of hydrogen-bond donors (Lipinski definition) is 2. The van der Waals surface area contributed by atoms with Crippen molar-refractivity contribution in [1.29, 1.82) is 0 Å². The van der Waals surface area contributed by atoms with E-state index in [1.807, 2.05) is 0 Å². The van der Waals surface area contributed by atoms with Gasteiger partial charge in [-0.2, -0.15) is 0 Å². The SMILES string of the molecule is CNCC(=O)Nc1ccc2c(c1)OC(F)(F)O2. The molecule has 0 atom stereocenters. The second-order valence-electron chi connectivity index (χ2n) is 3.41. The van der Waals surface area contributed by atoms with Gasteiger partial charge < -0.3 is 20.1 Å². The van der Waals surface area contributed by atoms with Gasteiger partial charge >= 0.3 is 6.29 Å². The molecule has 0 spiro atoms. The van der Waals surface area contributed by atoms with Crippen molar-refractivity contribution in [3.8, 4) is 11.5 Å². The lowest BCUT2D eigenvalue weighted by atomic mass is 10.3. The minimum Gasteiger partial charge on any atom is -0.395 e. The van der Waals surface area contributed by atoms with Crippen molar-refractivity contribution in [3.05, 3.63) is 18.2 Å². The quantitative estimate of drug-likeness (QED) is 0.837. The van der Waals surface area contributed by atoms with Crippen LogP contribution in [0, 0.1) is 0 Å². The van der Waals surface area contributed by atoms with Crippen LogP contribution in [0.5, 0.6) is 11.5 Å². The van der Waals surface area contributed by atoms with E-state index in [2.05, 4.69) is 20.1 Å². The Labute approximate surface area is 95.7 Å². The number of halogens is 2. The molecular formula is C10H10F2N2O3. The van der Waals surface area contributed by atoms with E-state index in [1.54, 1.807) is 7.05 Å². The van der Waals surface area contributed by atoms with Gasteiger partial charge in [0.15, 0.2) is 11.5 Å². The predicted octanol–water partition coefficient (Wildman–Crippen LogP) is 1.17. The van der Waals surface area contributed by atoms with Crippen molar-refractivity contribution in [3.63, 3.8) is 0 Å². The van der Waals surface area contributed by atoms with Crippen molar-refractivity contribution in [2.75, 3.05) is 18.9 Å². The summed E-state index contributed by atoms with van der Waals surface area (Å²) in [6.07, 6.45) is -3.64. The minimum atomic E-state index is -3.64. The topological polar surface area (TPSA) is 59.6 Å². The van der Waals surface area contributed by atoms with Gasteiger partial charge in [-0.15, -0.1) is 8.78 Å². The number of benzene rings is 1. The summed E-state index contributed by atoms with van der Waals surface area (Å²) in [5.41, 5.74) is 0.366. The number of anilines is 1. The smallest absolute Gasteiger partial charge is 0.395 e. The van der Waals surface area contributed by atoms with E-state index < -0.39 is 6.29 Å². The Balaban J connectivity index is 2.11. The van der Waals surface area contributed by atoms with Crippen molar-refractivity contribution < 1.29 is 23.0 Å². The lowest BCUT2D eigenvalue weighted by molar-refractivity contribution is -0.286. The Bertz CT molecular complexity index is 451. The number of nitrogens with one attached hydrogen (secondary N) is 2. The highest BCUT2D eigenvalue weighted by molar-refractivity contribution is 5.92. The van der Waals surface area contributed by atoms with Gasteiger partial charge in [0.1, 0.15) is 0 Å². The zero-order valence-electron chi connectivity index (χ0n) is 8.92. The number of carbonyl (C=O) groups excluding carboxylic acids is 1. The summed E-state index contributed by atoms with van der Waals surface area (Å²) in [6, 6.07) is 4.05. The molecule has 0 saturated carbocycles. The molecule has 1 aromatic carbocycles. The molecule has 92 valence electrons. The van der Waals surface area contributed by atoms with E-state index in [1.165, 1.54) is 18.2 Å². The van der Waals surface area contributed by atoms with Gasteiger partial charge in [-0.25, -0.2) is 0 Å². The average Bonchev–Trinajstić information content (AvgIpc) is 2.51. The summed E-state index contributed by atoms with van der Waals surface area (Å²) in [5, 5.41) is 5.18. The molecule has 1 aliphatic rings. The predicted molar refractivity (Wildman–Crippen MR) is 55.2 cm³/mol. The summed E-state index contributed by atoms with van der Waals surface area (Å²) in [4.78, 5) is 11.2. The number of fused-ring (bicyclic) bond motifs is 1. The number of ether oxygens (including phenoxy) is 2. The second-order valence-corrected chi connectivity index (χ2v) is 3.41. The molecule has 0 unspecified atom stereocenters. The van der Waals surface area contributed by atoms with E-state index in [9.17, 15) is 13.6 Å². The van der Waals surface area contributed by atoms with Crippen LogP contribution in [0.4, 0.5) is 14.5 Å². The van der Waals surface area contributed by atoms with Crippen molar-refractivity contribution in [2.45, 2.75) is 6.29 Å². The Morgan fingerprint density at radius 2 is 2.06 bits per heavy atom. The second kappa shape index (κ2) is 4.17. The van der Waals surface area contributed by atoms with E-state index in [-0.39, 0.29) is 24.0 Å². The standard InChI is InChI=1S/C10H10F2N2O3/c1-13-5-9(15)14-6-2-3-7-8(4-6)17-10(11,12)16-7/h2-4,13H,5H2,1H3,(H,14,15). The zero-order valence-corrected chi connectivity index (χ0v) is 8.92. The maximum absolute atomic E-state index is 12.7. The zero-order chi connectivity index (χ0) is 12.5. The highest BCUT2D eigenvalue weighted by Gasteiger charge is 2.43. The van der Waals surface area contributed by atoms with Crippen LogP contribution < -0.4 is 20.1 Å². The molecule has 0 fully saturated rings. The fraction of sp³-hybridized carbons (Fsp3) is 0.300. The first-order valence-corrected chi connectivity index (χ1v) is 4.84. The van der Waals surface area contributed by atoms with Gasteiger partial charge in [-0.1, -0.05) is 0 Å². The van der Waals surface area contributed by atoms with Crippen LogP contribution in [0.3, 0.4) is 0 Å². The van der Waals surface area contributed by atoms with Crippen LogP contribution in [0.1, 0.15) is 0 Å². The third-order valence-electron chi connectivity index (χ3n) is 2.02. The van der Waals surface area contributed by atoms with E-state index in [4.69, 9.17) is 0 Å². The van der Waals surface area contributed by atoms with Gasteiger partial charge in [0.05, 0.1) is 6.54 Å². The summed E-state index contributed by atoms with van der Waals surface area (Å²) in [5.74, 6) is -0.433. The largest absolute Gasteiger partial charge is 0.586 e. The molecule has 7 heteroatoms. The first-order chi connectivity index (χ1) is 8.00. The van der Waals surface area contributed by atoms with Crippen LogP contribution in [-0.2, 0) is 4.79 Å². The molecule has 0 bridgehead atoms. The minimum absolute atomic E-state index is 0.0541. The monoisotopic (exact) mass is 244 g/mol. The molecule has 0 aromatic heterocycles. The lowest BCUT2D eigenvalue weighted by Gasteiger charge is -2.05. The molecule has 2 rings (SSSR count). The van der Waals surface area contributed by atoms with E-state index in [0.29, 0.717) is 5.69 Å². The molecule has 1 aliphatic heterocycles. The Hall–Kier alpha value is -1.89. The highest BCUT2D eigenvalue weighted by atomic mass is 19.3. The number of amides is 1. The molecule has 1 heterocycles. The van der Waals surface area contributed by atoms with Crippen molar-refractivity contribution >= 4 is 11.6 Å². The number of alkyl halides is 2. The molecule has 17 heavy (non-hydrogen) atoms. The van der Waals surface area contributed by atoms with Crippen LogP contribution in [0.2, 0.25) is 0 Å². The number of likely N-dealkylation sites (N-methyl/N-ethyl adjacent to an activating group) is 1. The van der Waals surface area contributed by atoms with Crippen LogP contribution in [0.25, 0.3) is 0 Å². The molecule has 1 amide bonds. The summed E-state index contributed by atoms with van der Waals surface area (Å²) in [6.45, 7) is 0.130. The molecule has 0 radical (unpaired) electrons. The summed E-state index contributed by atoms with van der Waals surface area (Å²) in [7, 11) is 1.62. The molecule has 0 saturated heterocycles. The number of rotatable bonds is 3. The number of hydrogen-bond acceptors (Lipinski definition) is 4. The Morgan fingerprint density at radius 1 is 1.35 bits per heavy atom. The molecular weight excluding hydrogens is 234 g/mol.